The van der Waals surface area contributed by atoms with E-state index < -0.39 is 18.0 Å². The number of carbonyl (C=O) groups is 3. The van der Waals surface area contributed by atoms with Crippen molar-refractivity contribution in [1.82, 2.24) is 10.9 Å². The molecular weight excluding hydrogens is 332 g/mol. The minimum absolute atomic E-state index is 0.0177. The van der Waals surface area contributed by atoms with Gasteiger partial charge in [0, 0.05) is 5.56 Å². The standard InChI is InChI=1S/C20H22N2O4/c1-20(2,3)16-11-9-15(10-12-16)18(24)21-22-19(25)26-17(23)13-14-7-5-4-6-8-14/h4-12H,13H2,1-3H3,(H,21,24)(H,22,25). The number of amides is 2. The Hall–Kier alpha value is -3.15. The molecule has 0 unspecified atom stereocenters. The van der Waals surface area contributed by atoms with Crippen molar-refractivity contribution in [2.45, 2.75) is 32.6 Å². The van der Waals surface area contributed by atoms with Crippen molar-refractivity contribution < 1.29 is 19.1 Å². The van der Waals surface area contributed by atoms with E-state index in [1.807, 2.05) is 18.2 Å². The van der Waals surface area contributed by atoms with E-state index in [-0.39, 0.29) is 11.8 Å². The van der Waals surface area contributed by atoms with Crippen molar-refractivity contribution in [3.63, 3.8) is 0 Å². The summed E-state index contributed by atoms with van der Waals surface area (Å²) >= 11 is 0. The van der Waals surface area contributed by atoms with Gasteiger partial charge in [0.05, 0.1) is 6.42 Å². The van der Waals surface area contributed by atoms with Crippen molar-refractivity contribution in [1.29, 1.82) is 0 Å². The van der Waals surface area contributed by atoms with Crippen LogP contribution in [0.15, 0.2) is 54.6 Å². The Morgan fingerprint density at radius 2 is 1.50 bits per heavy atom. The minimum atomic E-state index is -1.04. The molecule has 0 aliphatic heterocycles. The van der Waals surface area contributed by atoms with Crippen molar-refractivity contribution in [3.05, 3.63) is 71.3 Å². The second-order valence-electron chi connectivity index (χ2n) is 6.83. The lowest BCUT2D eigenvalue weighted by Gasteiger charge is -2.19. The summed E-state index contributed by atoms with van der Waals surface area (Å²) in [5.41, 5.74) is 6.46. The first-order chi connectivity index (χ1) is 12.3. The fourth-order valence-electron chi connectivity index (χ4n) is 2.23. The molecule has 0 heterocycles. The third-order valence-electron chi connectivity index (χ3n) is 3.69. The van der Waals surface area contributed by atoms with Crippen LogP contribution in [0.25, 0.3) is 0 Å². The summed E-state index contributed by atoms with van der Waals surface area (Å²) in [7, 11) is 0. The number of benzene rings is 2. The lowest BCUT2D eigenvalue weighted by molar-refractivity contribution is -0.136. The van der Waals surface area contributed by atoms with Crippen LogP contribution in [0.4, 0.5) is 4.79 Å². The molecule has 0 atom stereocenters. The highest BCUT2D eigenvalue weighted by Gasteiger charge is 2.15. The molecule has 2 amide bonds. The quantitative estimate of drug-likeness (QED) is 0.504. The molecule has 2 N–H and O–H groups in total. The summed E-state index contributed by atoms with van der Waals surface area (Å²) in [6.07, 6.45) is -1.07. The van der Waals surface area contributed by atoms with Crippen molar-refractivity contribution in [2.75, 3.05) is 0 Å². The molecule has 0 radical (unpaired) electrons. The zero-order chi connectivity index (χ0) is 19.2. The molecule has 0 aliphatic carbocycles. The molecule has 0 bridgehead atoms. The topological polar surface area (TPSA) is 84.5 Å². The van der Waals surface area contributed by atoms with Crippen molar-refractivity contribution in [2.24, 2.45) is 0 Å². The van der Waals surface area contributed by atoms with Gasteiger partial charge in [0.1, 0.15) is 0 Å². The van der Waals surface area contributed by atoms with E-state index in [0.29, 0.717) is 5.56 Å². The molecule has 6 nitrogen and oxygen atoms in total. The van der Waals surface area contributed by atoms with Crippen molar-refractivity contribution in [3.8, 4) is 0 Å². The molecule has 2 aromatic carbocycles. The van der Waals surface area contributed by atoms with E-state index in [2.05, 4.69) is 36.4 Å². The number of ether oxygens (including phenoxy) is 1. The second kappa shape index (κ2) is 8.29. The van der Waals surface area contributed by atoms with Gasteiger partial charge >= 0.3 is 12.1 Å². The van der Waals surface area contributed by atoms with Gasteiger partial charge in [-0.3, -0.25) is 15.0 Å². The zero-order valence-electron chi connectivity index (χ0n) is 15.0. The minimum Gasteiger partial charge on any atom is -0.375 e. The van der Waals surface area contributed by atoms with Crippen molar-refractivity contribution >= 4 is 18.0 Å². The predicted octanol–water partition coefficient (Wildman–Crippen LogP) is 3.12. The molecule has 0 fully saturated rings. The number of hydrogen-bond acceptors (Lipinski definition) is 4. The SMILES string of the molecule is CC(C)(C)c1ccc(C(=O)NNC(=O)OC(=O)Cc2ccccc2)cc1. The number of hydrogen-bond donors (Lipinski definition) is 2. The van der Waals surface area contributed by atoms with Crippen LogP contribution >= 0.6 is 0 Å². The molecule has 2 rings (SSSR count). The molecule has 26 heavy (non-hydrogen) atoms. The van der Waals surface area contributed by atoms with E-state index in [4.69, 9.17) is 0 Å². The summed E-state index contributed by atoms with van der Waals surface area (Å²) < 4.78 is 4.60. The Balaban J connectivity index is 1.81. The Labute approximate surface area is 152 Å². The average Bonchev–Trinajstić information content (AvgIpc) is 2.59. The predicted molar refractivity (Wildman–Crippen MR) is 97.4 cm³/mol. The highest BCUT2D eigenvalue weighted by Crippen LogP contribution is 2.22. The number of nitrogens with one attached hydrogen (secondary N) is 2. The molecule has 0 aromatic heterocycles. The zero-order valence-corrected chi connectivity index (χ0v) is 15.0. The Morgan fingerprint density at radius 3 is 2.08 bits per heavy atom. The van der Waals surface area contributed by atoms with Crippen LogP contribution in [0.1, 0.15) is 42.3 Å². The molecule has 2 aromatic rings. The van der Waals surface area contributed by atoms with E-state index in [9.17, 15) is 14.4 Å². The second-order valence-corrected chi connectivity index (χ2v) is 6.83. The monoisotopic (exact) mass is 354 g/mol. The van der Waals surface area contributed by atoms with Gasteiger partial charge in [-0.1, -0.05) is 63.2 Å². The van der Waals surface area contributed by atoms with Gasteiger partial charge in [0.25, 0.3) is 5.91 Å². The number of hydrazine groups is 1. The third-order valence-corrected chi connectivity index (χ3v) is 3.69. The Bertz CT molecular complexity index is 778. The largest absolute Gasteiger partial charge is 0.433 e. The number of carbonyl (C=O) groups excluding carboxylic acids is 3. The summed E-state index contributed by atoms with van der Waals surface area (Å²) in [5.74, 6) is -1.21. The highest BCUT2D eigenvalue weighted by atomic mass is 16.6. The van der Waals surface area contributed by atoms with Crippen LogP contribution in [-0.2, 0) is 21.4 Å². The Kier molecular flexibility index (Phi) is 6.11. The van der Waals surface area contributed by atoms with Crippen LogP contribution in [-0.4, -0.2) is 18.0 Å². The van der Waals surface area contributed by atoms with Gasteiger partial charge in [0.2, 0.25) is 0 Å². The first-order valence-electron chi connectivity index (χ1n) is 8.21. The summed E-state index contributed by atoms with van der Waals surface area (Å²) in [6, 6.07) is 16.0. The lowest BCUT2D eigenvalue weighted by atomic mass is 9.87. The Morgan fingerprint density at radius 1 is 0.885 bits per heavy atom. The summed E-state index contributed by atoms with van der Waals surface area (Å²) in [4.78, 5) is 35.3. The van der Waals surface area contributed by atoms with Crippen LogP contribution in [0.2, 0.25) is 0 Å². The molecule has 0 aliphatic rings. The first kappa shape index (κ1) is 19.2. The van der Waals surface area contributed by atoms with Crippen LogP contribution in [0.3, 0.4) is 0 Å². The average molecular weight is 354 g/mol. The smallest absolute Gasteiger partial charge is 0.375 e. The molecular formula is C20H22N2O4. The fourth-order valence-corrected chi connectivity index (χ4v) is 2.23. The number of esters is 1. The molecule has 0 saturated carbocycles. The lowest BCUT2D eigenvalue weighted by Crippen LogP contribution is -2.42. The van der Waals surface area contributed by atoms with E-state index in [1.54, 1.807) is 36.4 Å². The van der Waals surface area contributed by atoms with Crippen LogP contribution in [0, 0.1) is 0 Å². The maximum Gasteiger partial charge on any atom is 0.433 e. The van der Waals surface area contributed by atoms with Gasteiger partial charge in [0.15, 0.2) is 0 Å². The molecule has 6 heteroatoms. The van der Waals surface area contributed by atoms with Gasteiger partial charge in [-0.15, -0.1) is 0 Å². The van der Waals surface area contributed by atoms with E-state index in [0.717, 1.165) is 11.1 Å². The van der Waals surface area contributed by atoms with Gasteiger partial charge in [-0.2, -0.15) is 0 Å². The maximum absolute atomic E-state index is 12.0. The summed E-state index contributed by atoms with van der Waals surface area (Å²) in [6.45, 7) is 6.23. The molecule has 0 spiro atoms. The van der Waals surface area contributed by atoms with Gasteiger partial charge in [-0.05, 0) is 28.7 Å². The van der Waals surface area contributed by atoms with Crippen LogP contribution < -0.4 is 10.9 Å². The first-order valence-corrected chi connectivity index (χ1v) is 8.21. The maximum atomic E-state index is 12.0. The third kappa shape index (κ3) is 5.73. The van der Waals surface area contributed by atoms with E-state index in [1.165, 1.54) is 0 Å². The van der Waals surface area contributed by atoms with Gasteiger partial charge in [-0.25, -0.2) is 10.2 Å². The molecule has 0 saturated heterocycles. The molecule has 136 valence electrons. The van der Waals surface area contributed by atoms with Crippen LogP contribution in [0.5, 0.6) is 0 Å². The summed E-state index contributed by atoms with van der Waals surface area (Å²) in [5, 5.41) is 0. The van der Waals surface area contributed by atoms with E-state index >= 15 is 0 Å². The number of rotatable bonds is 3. The highest BCUT2D eigenvalue weighted by molar-refractivity contribution is 5.95. The fraction of sp³-hybridized carbons (Fsp3) is 0.250. The normalized spacial score (nSPS) is 10.7. The van der Waals surface area contributed by atoms with Gasteiger partial charge < -0.3 is 4.74 Å².